The van der Waals surface area contributed by atoms with E-state index in [-0.39, 0.29) is 0 Å². The van der Waals surface area contributed by atoms with Gasteiger partial charge in [0.25, 0.3) is 0 Å². The third kappa shape index (κ3) is 1.58. The first-order valence-corrected chi connectivity index (χ1v) is 3.86. The zero-order chi connectivity index (χ0) is 5.98. The molecular formula is C6H9BrO. The Balaban J connectivity index is 2.34. The SMILES string of the molecule is O=C1CCC[C@@H](Br)C1. The third-order valence-electron chi connectivity index (χ3n) is 1.42. The van der Waals surface area contributed by atoms with Gasteiger partial charge in [0, 0.05) is 17.7 Å². The molecule has 1 saturated carbocycles. The van der Waals surface area contributed by atoms with Crippen molar-refractivity contribution in [1.82, 2.24) is 0 Å². The van der Waals surface area contributed by atoms with E-state index in [1.54, 1.807) is 0 Å². The van der Waals surface area contributed by atoms with Gasteiger partial charge < -0.3 is 0 Å². The summed E-state index contributed by atoms with van der Waals surface area (Å²) >= 11 is 3.41. The van der Waals surface area contributed by atoms with Crippen LogP contribution in [-0.2, 0) is 4.79 Å². The van der Waals surface area contributed by atoms with Gasteiger partial charge in [0.2, 0.25) is 0 Å². The van der Waals surface area contributed by atoms with Gasteiger partial charge >= 0.3 is 0 Å². The summed E-state index contributed by atoms with van der Waals surface area (Å²) in [6, 6.07) is 0. The number of hydrogen-bond donors (Lipinski definition) is 0. The maximum absolute atomic E-state index is 10.6. The Morgan fingerprint density at radius 1 is 1.62 bits per heavy atom. The fourth-order valence-corrected chi connectivity index (χ4v) is 1.66. The molecule has 1 aliphatic carbocycles. The van der Waals surface area contributed by atoms with E-state index >= 15 is 0 Å². The average Bonchev–Trinajstić information content (AvgIpc) is 1.64. The number of Topliss-reactive ketones (excluding diaryl/α,β-unsaturated/α-hetero) is 1. The van der Waals surface area contributed by atoms with Crippen LogP contribution >= 0.6 is 15.9 Å². The van der Waals surface area contributed by atoms with Crippen molar-refractivity contribution in [2.75, 3.05) is 0 Å². The van der Waals surface area contributed by atoms with E-state index in [1.807, 2.05) is 0 Å². The Hall–Kier alpha value is 0.150. The molecule has 1 atom stereocenters. The van der Waals surface area contributed by atoms with Gasteiger partial charge in [0.05, 0.1) is 0 Å². The van der Waals surface area contributed by atoms with Crippen LogP contribution in [0, 0.1) is 0 Å². The predicted molar refractivity (Wildman–Crippen MR) is 36.2 cm³/mol. The Bertz CT molecular complexity index is 101. The standard InChI is InChI=1S/C6H9BrO/c7-5-2-1-3-6(8)4-5/h5H,1-4H2/t5-/m1/s1. The van der Waals surface area contributed by atoms with Crippen molar-refractivity contribution < 1.29 is 4.79 Å². The van der Waals surface area contributed by atoms with Crippen molar-refractivity contribution in [1.29, 1.82) is 0 Å². The molecule has 1 nitrogen and oxygen atoms in total. The first-order valence-electron chi connectivity index (χ1n) is 2.95. The molecule has 2 heteroatoms. The average molecular weight is 177 g/mol. The molecular weight excluding hydrogens is 168 g/mol. The number of halogens is 1. The highest BCUT2D eigenvalue weighted by Gasteiger charge is 2.15. The van der Waals surface area contributed by atoms with Crippen LogP contribution in [0.3, 0.4) is 0 Å². The van der Waals surface area contributed by atoms with Gasteiger partial charge in [-0.15, -0.1) is 0 Å². The molecule has 46 valence electrons. The van der Waals surface area contributed by atoms with Crippen LogP contribution in [0.1, 0.15) is 25.7 Å². The molecule has 1 rings (SSSR count). The first-order chi connectivity index (χ1) is 3.79. The number of alkyl halides is 1. The van der Waals surface area contributed by atoms with Crippen molar-refractivity contribution in [3.63, 3.8) is 0 Å². The normalized spacial score (nSPS) is 30.6. The van der Waals surface area contributed by atoms with E-state index in [1.165, 1.54) is 6.42 Å². The summed E-state index contributed by atoms with van der Waals surface area (Å²) in [7, 11) is 0. The summed E-state index contributed by atoms with van der Waals surface area (Å²) in [5.41, 5.74) is 0. The van der Waals surface area contributed by atoms with Crippen LogP contribution in [0.15, 0.2) is 0 Å². The maximum atomic E-state index is 10.6. The van der Waals surface area contributed by atoms with E-state index in [9.17, 15) is 4.79 Å². The van der Waals surface area contributed by atoms with Gasteiger partial charge in [0.1, 0.15) is 5.78 Å². The molecule has 0 unspecified atom stereocenters. The second-order valence-corrected chi connectivity index (χ2v) is 3.53. The minimum absolute atomic E-state index is 0.415. The summed E-state index contributed by atoms with van der Waals surface area (Å²) in [4.78, 5) is 11.1. The van der Waals surface area contributed by atoms with Crippen molar-refractivity contribution in [2.24, 2.45) is 0 Å². The number of ketones is 1. The Labute approximate surface area is 57.6 Å². The van der Waals surface area contributed by atoms with Gasteiger partial charge in [-0.2, -0.15) is 0 Å². The van der Waals surface area contributed by atoms with E-state index in [4.69, 9.17) is 0 Å². The summed E-state index contributed by atoms with van der Waals surface area (Å²) in [5.74, 6) is 0.415. The van der Waals surface area contributed by atoms with Gasteiger partial charge in [-0.05, 0) is 12.8 Å². The van der Waals surface area contributed by atoms with Gasteiger partial charge in [0.15, 0.2) is 0 Å². The summed E-state index contributed by atoms with van der Waals surface area (Å²) in [6.07, 6.45) is 3.81. The van der Waals surface area contributed by atoms with Gasteiger partial charge in [-0.3, -0.25) is 4.79 Å². The minimum Gasteiger partial charge on any atom is -0.300 e. The molecule has 0 N–H and O–H groups in total. The highest BCUT2D eigenvalue weighted by atomic mass is 79.9. The lowest BCUT2D eigenvalue weighted by molar-refractivity contribution is -0.120. The summed E-state index contributed by atoms with van der Waals surface area (Å²) in [5, 5.41) is 0. The Morgan fingerprint density at radius 3 is 2.75 bits per heavy atom. The van der Waals surface area contributed by atoms with E-state index in [2.05, 4.69) is 15.9 Å². The van der Waals surface area contributed by atoms with Crippen LogP contribution in [0.5, 0.6) is 0 Å². The number of hydrogen-bond acceptors (Lipinski definition) is 1. The molecule has 0 heterocycles. The molecule has 0 aromatic heterocycles. The maximum Gasteiger partial charge on any atom is 0.134 e. The lowest BCUT2D eigenvalue weighted by Crippen LogP contribution is -2.13. The number of carbonyl (C=O) groups is 1. The molecule has 0 aromatic carbocycles. The molecule has 0 aliphatic heterocycles. The Morgan fingerprint density at radius 2 is 2.38 bits per heavy atom. The number of carbonyl (C=O) groups excluding carboxylic acids is 1. The van der Waals surface area contributed by atoms with Gasteiger partial charge in [-0.1, -0.05) is 15.9 Å². The van der Waals surface area contributed by atoms with Gasteiger partial charge in [-0.25, -0.2) is 0 Å². The fraction of sp³-hybridized carbons (Fsp3) is 0.833. The van der Waals surface area contributed by atoms with E-state index in [0.29, 0.717) is 10.6 Å². The minimum atomic E-state index is 0.415. The third-order valence-corrected chi connectivity index (χ3v) is 2.20. The zero-order valence-electron chi connectivity index (χ0n) is 4.69. The monoisotopic (exact) mass is 176 g/mol. The van der Waals surface area contributed by atoms with Crippen LogP contribution in [0.2, 0.25) is 0 Å². The summed E-state index contributed by atoms with van der Waals surface area (Å²) < 4.78 is 0. The van der Waals surface area contributed by atoms with Crippen molar-refractivity contribution in [3.05, 3.63) is 0 Å². The quantitative estimate of drug-likeness (QED) is 0.516. The van der Waals surface area contributed by atoms with Crippen LogP contribution in [0.25, 0.3) is 0 Å². The zero-order valence-corrected chi connectivity index (χ0v) is 6.28. The lowest BCUT2D eigenvalue weighted by Gasteiger charge is -2.13. The van der Waals surface area contributed by atoms with E-state index in [0.717, 1.165) is 19.3 Å². The molecule has 0 bridgehead atoms. The van der Waals surface area contributed by atoms with Crippen molar-refractivity contribution >= 4 is 21.7 Å². The Kier molecular flexibility index (Phi) is 2.06. The van der Waals surface area contributed by atoms with E-state index < -0.39 is 0 Å². The second kappa shape index (κ2) is 2.62. The predicted octanol–water partition coefficient (Wildman–Crippen LogP) is 1.89. The van der Waals surface area contributed by atoms with Crippen molar-refractivity contribution in [2.45, 2.75) is 30.5 Å². The fourth-order valence-electron chi connectivity index (χ4n) is 0.972. The molecule has 0 aromatic rings. The van der Waals surface area contributed by atoms with Crippen molar-refractivity contribution in [3.8, 4) is 0 Å². The molecule has 8 heavy (non-hydrogen) atoms. The van der Waals surface area contributed by atoms with Crippen LogP contribution in [0.4, 0.5) is 0 Å². The highest BCUT2D eigenvalue weighted by molar-refractivity contribution is 9.09. The molecule has 0 saturated heterocycles. The molecule has 1 aliphatic rings. The lowest BCUT2D eigenvalue weighted by atomic mass is 10.00. The topological polar surface area (TPSA) is 17.1 Å². The largest absolute Gasteiger partial charge is 0.300 e. The molecule has 0 amide bonds. The van der Waals surface area contributed by atoms with Crippen LogP contribution in [-0.4, -0.2) is 10.6 Å². The number of rotatable bonds is 0. The smallest absolute Gasteiger partial charge is 0.134 e. The highest BCUT2D eigenvalue weighted by Crippen LogP contribution is 2.20. The molecule has 1 fully saturated rings. The first kappa shape index (κ1) is 6.27. The molecule has 0 spiro atoms. The molecule has 0 radical (unpaired) electrons. The second-order valence-electron chi connectivity index (χ2n) is 2.23. The summed E-state index contributed by atoms with van der Waals surface area (Å²) in [6.45, 7) is 0. The van der Waals surface area contributed by atoms with Crippen LogP contribution < -0.4 is 0 Å².